The van der Waals surface area contributed by atoms with Gasteiger partial charge < -0.3 is 0 Å². The maximum Gasteiger partial charge on any atom is 0 e. The van der Waals surface area contributed by atoms with Crippen LogP contribution in [0.1, 0.15) is 0 Å². The largest absolute Gasteiger partial charge is 0.269 e. The molecule has 0 aromatic carbocycles. The number of hydrogen-bond donors (Lipinski definition) is 0. The van der Waals surface area contributed by atoms with Crippen LogP contribution >= 0.6 is 0 Å². The van der Waals surface area contributed by atoms with E-state index in [2.05, 4.69) is 0 Å². The summed E-state index contributed by atoms with van der Waals surface area (Å²) in [6, 6.07) is 0. The Morgan fingerprint density at radius 2 is 0.500 bits per heavy atom. The van der Waals surface area contributed by atoms with Gasteiger partial charge in [0.15, 0.2) is 0 Å². The van der Waals surface area contributed by atoms with Crippen LogP contribution in [-0.4, -0.2) is 0 Å². The molecule has 0 aliphatic rings. The molecule has 2 radical (unpaired) electrons. The molecule has 0 nitrogen and oxygen atoms in total. The first-order chi connectivity index (χ1) is 0. The van der Waals surface area contributed by atoms with Crippen molar-refractivity contribution < 1.29 is 80.6 Å². The van der Waals surface area contributed by atoms with Crippen molar-refractivity contribution in [1.29, 1.82) is 0 Å². The zero-order valence-corrected chi connectivity index (χ0v) is 9.22. The molecule has 0 unspecified atom stereocenters. The van der Waals surface area contributed by atoms with Crippen molar-refractivity contribution in [2.24, 2.45) is 0 Å². The monoisotopic (exact) mass is 318 g/mol. The molecule has 0 aliphatic heterocycles. The molecule has 0 heterocycles. The zero-order valence-electron chi connectivity index (χ0n) is 1.97. The van der Waals surface area contributed by atoms with Gasteiger partial charge in [-0.2, -0.15) is 0 Å². The summed E-state index contributed by atoms with van der Waals surface area (Å²) in [5, 5.41) is 0. The van der Waals surface area contributed by atoms with Gasteiger partial charge in [0.2, 0.25) is 0 Å². The molecule has 0 amide bonds. The quantitative estimate of drug-likeness (QED) is 0.603. The van der Waals surface area contributed by atoms with Crippen LogP contribution in [0.15, 0.2) is 0 Å². The van der Waals surface area contributed by atoms with E-state index in [0.717, 1.165) is 0 Å². The standard InChI is InChI=1S/2FH.2La/h2*1H;;. The minimum atomic E-state index is 0. The van der Waals surface area contributed by atoms with E-state index in [1.807, 2.05) is 0 Å². The summed E-state index contributed by atoms with van der Waals surface area (Å²) < 4.78 is 0. The molecule has 0 aliphatic carbocycles. The van der Waals surface area contributed by atoms with Crippen LogP contribution in [-0.2, 0) is 0 Å². The first-order valence-corrected chi connectivity index (χ1v) is 0. The van der Waals surface area contributed by atoms with Crippen LogP contribution in [0.5, 0.6) is 0 Å². The summed E-state index contributed by atoms with van der Waals surface area (Å²) in [5.74, 6) is 0. The van der Waals surface area contributed by atoms with Crippen LogP contribution in [0.2, 0.25) is 0 Å². The van der Waals surface area contributed by atoms with E-state index in [-0.39, 0.29) is 80.6 Å². The number of halogens is 2. The van der Waals surface area contributed by atoms with E-state index in [0.29, 0.717) is 0 Å². The fourth-order valence-corrected chi connectivity index (χ4v) is 0. The molecule has 4 heavy (non-hydrogen) atoms. The summed E-state index contributed by atoms with van der Waals surface area (Å²) in [6.45, 7) is 0. The van der Waals surface area contributed by atoms with Crippen molar-refractivity contribution in [3.63, 3.8) is 0 Å². The molecule has 0 saturated carbocycles. The van der Waals surface area contributed by atoms with E-state index in [4.69, 9.17) is 0 Å². The topological polar surface area (TPSA) is 0 Å². The average Bonchev–Trinajstić information content (AvgIpc) is 0. The molecule has 22 valence electrons. The maximum absolute atomic E-state index is 0. The Kier molecular flexibility index (Phi) is 159. The predicted octanol–water partition coefficient (Wildman–Crippen LogP) is 0.305. The van der Waals surface area contributed by atoms with Gasteiger partial charge in [-0.3, -0.25) is 9.41 Å². The van der Waals surface area contributed by atoms with E-state index in [1.54, 1.807) is 0 Å². The first-order valence-electron chi connectivity index (χ1n) is 0. The Hall–Kier alpha value is 2.25. The average molecular weight is 318 g/mol. The van der Waals surface area contributed by atoms with Gasteiger partial charge in [0.1, 0.15) is 0 Å². The van der Waals surface area contributed by atoms with Crippen molar-refractivity contribution in [2.45, 2.75) is 0 Å². The van der Waals surface area contributed by atoms with Crippen molar-refractivity contribution in [2.75, 3.05) is 0 Å². The van der Waals surface area contributed by atoms with Gasteiger partial charge in [-0.05, 0) is 0 Å². The summed E-state index contributed by atoms with van der Waals surface area (Å²) in [5.41, 5.74) is 0. The fraction of sp³-hybridized carbons (Fsp3) is 0. The van der Waals surface area contributed by atoms with Crippen LogP contribution < -0.4 is 0 Å². The van der Waals surface area contributed by atoms with Crippen molar-refractivity contribution in [1.82, 2.24) is 0 Å². The van der Waals surface area contributed by atoms with Gasteiger partial charge >= 0.3 is 0 Å². The first kappa shape index (κ1) is 34.0. The zero-order chi connectivity index (χ0) is 0. The Labute approximate surface area is 79.0 Å². The van der Waals surface area contributed by atoms with Crippen LogP contribution in [0.3, 0.4) is 0 Å². The van der Waals surface area contributed by atoms with Gasteiger partial charge in [0.05, 0.1) is 0 Å². The molecular weight excluding hydrogens is 316 g/mol. The molecule has 0 saturated heterocycles. The molecule has 0 aromatic heterocycles. The SMILES string of the molecule is F.F.[La].[La]. The van der Waals surface area contributed by atoms with Crippen LogP contribution in [0.25, 0.3) is 0 Å². The summed E-state index contributed by atoms with van der Waals surface area (Å²) >= 11 is 0. The molecule has 0 atom stereocenters. The summed E-state index contributed by atoms with van der Waals surface area (Å²) in [4.78, 5) is 0. The van der Waals surface area contributed by atoms with Gasteiger partial charge in [0.25, 0.3) is 0 Å². The van der Waals surface area contributed by atoms with E-state index in [1.165, 1.54) is 0 Å². The normalized spacial score (nSPS) is 0. The fourth-order valence-electron chi connectivity index (χ4n) is 0. The van der Waals surface area contributed by atoms with E-state index < -0.39 is 0 Å². The molecule has 0 fully saturated rings. The van der Waals surface area contributed by atoms with E-state index in [9.17, 15) is 0 Å². The third-order valence-electron chi connectivity index (χ3n) is 0. The van der Waals surface area contributed by atoms with Gasteiger partial charge in [-0.25, -0.2) is 0 Å². The Morgan fingerprint density at radius 1 is 0.500 bits per heavy atom. The summed E-state index contributed by atoms with van der Waals surface area (Å²) in [7, 11) is 0. The Morgan fingerprint density at radius 3 is 0.500 bits per heavy atom. The van der Waals surface area contributed by atoms with Crippen molar-refractivity contribution in [3.05, 3.63) is 0 Å². The summed E-state index contributed by atoms with van der Waals surface area (Å²) in [6.07, 6.45) is 0. The van der Waals surface area contributed by atoms with Gasteiger partial charge in [0, 0.05) is 71.2 Å². The van der Waals surface area contributed by atoms with Crippen LogP contribution in [0, 0.1) is 71.2 Å². The molecular formula is H2F2La2. The van der Waals surface area contributed by atoms with E-state index >= 15 is 0 Å². The molecule has 0 aromatic rings. The third kappa shape index (κ3) is 8.87. The molecule has 0 N–H and O–H groups in total. The molecule has 0 rings (SSSR count). The molecule has 0 spiro atoms. The van der Waals surface area contributed by atoms with Crippen LogP contribution in [0.4, 0.5) is 9.41 Å². The smallest absolute Gasteiger partial charge is 0 e. The number of hydrogen-bond acceptors (Lipinski definition) is 0. The molecule has 4 heteroatoms. The van der Waals surface area contributed by atoms with Crippen molar-refractivity contribution >= 4 is 0 Å². The Bertz CT molecular complexity index is 4.00. The second kappa shape index (κ2) is 18.7. The maximum atomic E-state index is 0. The third-order valence-corrected chi connectivity index (χ3v) is 0. The minimum absolute atomic E-state index is 0. The predicted molar refractivity (Wildman–Crippen MR) is 5.01 cm³/mol. The molecule has 0 bridgehead atoms. The number of rotatable bonds is 0. The van der Waals surface area contributed by atoms with Gasteiger partial charge in [-0.15, -0.1) is 0 Å². The van der Waals surface area contributed by atoms with Gasteiger partial charge in [-0.1, -0.05) is 0 Å². The minimum Gasteiger partial charge on any atom is -0.269 e. The second-order valence-electron chi connectivity index (χ2n) is 0. The second-order valence-corrected chi connectivity index (χ2v) is 0. The van der Waals surface area contributed by atoms with Crippen molar-refractivity contribution in [3.8, 4) is 0 Å². The Balaban J connectivity index is 0.